The van der Waals surface area contributed by atoms with Gasteiger partial charge in [0.2, 0.25) is 0 Å². The topological polar surface area (TPSA) is 72.2 Å². The van der Waals surface area contributed by atoms with Gasteiger partial charge in [-0.1, -0.05) is 17.7 Å². The number of halogens is 2. The van der Waals surface area contributed by atoms with Crippen molar-refractivity contribution in [2.75, 3.05) is 0 Å². The second-order valence-corrected chi connectivity index (χ2v) is 8.81. The van der Waals surface area contributed by atoms with Gasteiger partial charge in [0.25, 0.3) is 10.0 Å². The quantitative estimate of drug-likeness (QED) is 0.552. The third kappa shape index (κ3) is 2.81. The number of aryl methyl sites for hydroxylation is 1. The summed E-state index contributed by atoms with van der Waals surface area (Å²) in [7, 11) is -3.84. The summed E-state index contributed by atoms with van der Waals surface area (Å²) in [5.41, 5.74) is 1.59. The molecule has 0 atom stereocenters. The monoisotopic (exact) mass is 506 g/mol. The number of aromatic nitrogens is 2. The zero-order valence-electron chi connectivity index (χ0n) is 12.0. The van der Waals surface area contributed by atoms with E-state index in [1.165, 1.54) is 0 Å². The van der Waals surface area contributed by atoms with Crippen LogP contribution < -0.4 is 0 Å². The first-order valence-corrected chi connectivity index (χ1v) is 9.95. The Morgan fingerprint density at radius 2 is 1.96 bits per heavy atom. The van der Waals surface area contributed by atoms with Crippen LogP contribution >= 0.6 is 38.5 Å². The Kier molecular flexibility index (Phi) is 4.51. The normalized spacial score (nSPS) is 12.0. The Labute approximate surface area is 155 Å². The molecule has 0 aliphatic carbocycles. The summed E-state index contributed by atoms with van der Waals surface area (Å²) in [6, 6.07) is 8.40. The lowest BCUT2D eigenvalue weighted by Gasteiger charge is -2.10. The van der Waals surface area contributed by atoms with Crippen molar-refractivity contribution < 1.29 is 13.5 Å². The Hall–Kier alpha value is -0.970. The van der Waals surface area contributed by atoms with Crippen LogP contribution in [0, 0.1) is 10.5 Å². The van der Waals surface area contributed by atoms with Crippen LogP contribution in [0.25, 0.3) is 11.0 Å². The van der Waals surface area contributed by atoms with E-state index in [1.807, 2.05) is 29.5 Å². The molecule has 2 aromatic heterocycles. The summed E-state index contributed by atoms with van der Waals surface area (Å²) in [5, 5.41) is 10.4. The van der Waals surface area contributed by atoms with Crippen molar-refractivity contribution in [2.24, 2.45) is 0 Å². The summed E-state index contributed by atoms with van der Waals surface area (Å²) in [5.74, 6) is 0. The molecule has 0 aliphatic rings. The second kappa shape index (κ2) is 6.15. The highest BCUT2D eigenvalue weighted by molar-refractivity contribution is 14.1. The summed E-state index contributed by atoms with van der Waals surface area (Å²) < 4.78 is 28.6. The summed E-state index contributed by atoms with van der Waals surface area (Å²) in [4.78, 5) is 4.40. The molecular weight excluding hydrogens is 495 g/mol. The lowest BCUT2D eigenvalue weighted by molar-refractivity contribution is 0.275. The van der Waals surface area contributed by atoms with Crippen LogP contribution in [0.4, 0.5) is 0 Å². The number of pyridine rings is 1. The standard InChI is InChI=1S/C15H12BrIN2O3S/c1-9-2-4-11(5-3-9)23(21,22)19-13(8-20)14(17)12-6-10(16)7-18-15(12)19/h2-7,20H,8H2,1H3. The highest BCUT2D eigenvalue weighted by Crippen LogP contribution is 2.31. The van der Waals surface area contributed by atoms with Crippen LogP contribution in [0.1, 0.15) is 11.3 Å². The van der Waals surface area contributed by atoms with E-state index in [1.54, 1.807) is 36.5 Å². The maximum Gasteiger partial charge on any atom is 0.269 e. The largest absolute Gasteiger partial charge is 0.390 e. The molecule has 23 heavy (non-hydrogen) atoms. The highest BCUT2D eigenvalue weighted by Gasteiger charge is 2.26. The lowest BCUT2D eigenvalue weighted by atomic mass is 10.2. The predicted octanol–water partition coefficient (Wildman–Crippen LogP) is 3.44. The van der Waals surface area contributed by atoms with Gasteiger partial charge in [0, 0.05) is 19.6 Å². The molecule has 2 heterocycles. The smallest absolute Gasteiger partial charge is 0.269 e. The molecule has 5 nitrogen and oxygen atoms in total. The van der Waals surface area contributed by atoms with Crippen molar-refractivity contribution >= 4 is 59.6 Å². The predicted molar refractivity (Wildman–Crippen MR) is 99.8 cm³/mol. The minimum Gasteiger partial charge on any atom is -0.390 e. The molecule has 0 saturated heterocycles. The third-order valence-corrected chi connectivity index (χ3v) is 6.85. The molecular formula is C15H12BrIN2O3S. The van der Waals surface area contributed by atoms with Crippen molar-refractivity contribution in [2.45, 2.75) is 18.4 Å². The number of aliphatic hydroxyl groups is 1. The first-order valence-electron chi connectivity index (χ1n) is 6.63. The van der Waals surface area contributed by atoms with Crippen LogP contribution in [-0.2, 0) is 16.6 Å². The van der Waals surface area contributed by atoms with Crippen molar-refractivity contribution in [1.82, 2.24) is 8.96 Å². The van der Waals surface area contributed by atoms with Crippen molar-refractivity contribution in [3.05, 3.63) is 55.8 Å². The maximum absolute atomic E-state index is 13.0. The van der Waals surface area contributed by atoms with Crippen LogP contribution in [0.3, 0.4) is 0 Å². The van der Waals surface area contributed by atoms with Gasteiger partial charge in [0.1, 0.15) is 0 Å². The van der Waals surface area contributed by atoms with Gasteiger partial charge in [0.05, 0.1) is 17.2 Å². The Balaban J connectivity index is 2.37. The minimum atomic E-state index is -3.84. The van der Waals surface area contributed by atoms with Crippen LogP contribution in [0.2, 0.25) is 0 Å². The molecule has 0 bridgehead atoms. The van der Waals surface area contributed by atoms with Gasteiger partial charge in [-0.05, 0) is 63.6 Å². The van der Waals surface area contributed by atoms with Gasteiger partial charge in [-0.25, -0.2) is 17.4 Å². The first-order chi connectivity index (χ1) is 10.9. The van der Waals surface area contributed by atoms with E-state index in [0.717, 1.165) is 14.0 Å². The molecule has 3 rings (SSSR count). The maximum atomic E-state index is 13.0. The molecule has 0 saturated carbocycles. The fourth-order valence-electron chi connectivity index (χ4n) is 2.34. The van der Waals surface area contributed by atoms with E-state index in [0.29, 0.717) is 20.3 Å². The average molecular weight is 507 g/mol. The Bertz CT molecular complexity index is 998. The number of hydrogen-bond donors (Lipinski definition) is 1. The van der Waals surface area contributed by atoms with Gasteiger partial charge in [-0.15, -0.1) is 0 Å². The summed E-state index contributed by atoms with van der Waals surface area (Å²) in [6.45, 7) is 1.50. The number of fused-ring (bicyclic) bond motifs is 1. The Morgan fingerprint density at radius 1 is 1.30 bits per heavy atom. The number of benzene rings is 1. The van der Waals surface area contributed by atoms with Crippen molar-refractivity contribution in [3.8, 4) is 0 Å². The SMILES string of the molecule is Cc1ccc(S(=O)(=O)n2c(CO)c(I)c3cc(Br)cnc32)cc1. The fraction of sp³-hybridized carbons (Fsp3) is 0.133. The van der Waals surface area contributed by atoms with Crippen LogP contribution in [-0.4, -0.2) is 22.5 Å². The highest BCUT2D eigenvalue weighted by atomic mass is 127. The number of rotatable bonds is 3. The number of hydrogen-bond acceptors (Lipinski definition) is 4. The van der Waals surface area contributed by atoms with E-state index in [4.69, 9.17) is 0 Å². The van der Waals surface area contributed by atoms with E-state index in [2.05, 4.69) is 20.9 Å². The summed E-state index contributed by atoms with van der Waals surface area (Å²) >= 11 is 5.37. The van der Waals surface area contributed by atoms with Crippen molar-refractivity contribution in [1.29, 1.82) is 0 Å². The number of aliphatic hydroxyl groups excluding tert-OH is 1. The molecule has 120 valence electrons. The molecule has 0 amide bonds. The van der Waals surface area contributed by atoms with Gasteiger partial charge < -0.3 is 5.11 Å². The molecule has 1 N–H and O–H groups in total. The lowest BCUT2D eigenvalue weighted by Crippen LogP contribution is -2.16. The second-order valence-electron chi connectivity index (χ2n) is 5.03. The number of nitrogens with zero attached hydrogens (tertiary/aromatic N) is 2. The molecule has 8 heteroatoms. The zero-order chi connectivity index (χ0) is 16.8. The van der Waals surface area contributed by atoms with Gasteiger partial charge in [-0.2, -0.15) is 0 Å². The molecule has 3 aromatic rings. The molecule has 0 unspecified atom stereocenters. The molecule has 1 aromatic carbocycles. The first kappa shape index (κ1) is 16.9. The van der Waals surface area contributed by atoms with Gasteiger partial charge >= 0.3 is 0 Å². The van der Waals surface area contributed by atoms with E-state index >= 15 is 0 Å². The van der Waals surface area contributed by atoms with Crippen LogP contribution in [0.15, 0.2) is 45.9 Å². The average Bonchev–Trinajstić information content (AvgIpc) is 2.80. The molecule has 0 aliphatic heterocycles. The van der Waals surface area contributed by atoms with Gasteiger partial charge in [0.15, 0.2) is 5.65 Å². The third-order valence-electron chi connectivity index (χ3n) is 3.47. The van der Waals surface area contributed by atoms with Gasteiger partial charge in [-0.3, -0.25) is 0 Å². The zero-order valence-corrected chi connectivity index (χ0v) is 16.6. The molecule has 0 radical (unpaired) electrons. The fourth-order valence-corrected chi connectivity index (χ4v) is 5.14. The van der Waals surface area contributed by atoms with E-state index in [9.17, 15) is 13.5 Å². The summed E-state index contributed by atoms with van der Waals surface area (Å²) in [6.07, 6.45) is 1.54. The molecule has 0 spiro atoms. The minimum absolute atomic E-state index is 0.163. The molecule has 0 fully saturated rings. The van der Waals surface area contributed by atoms with Crippen molar-refractivity contribution in [3.63, 3.8) is 0 Å². The van der Waals surface area contributed by atoms with E-state index < -0.39 is 16.6 Å². The van der Waals surface area contributed by atoms with Crippen LogP contribution in [0.5, 0.6) is 0 Å². The van der Waals surface area contributed by atoms with E-state index in [-0.39, 0.29) is 4.90 Å². The Morgan fingerprint density at radius 3 is 2.57 bits per heavy atom.